The van der Waals surface area contributed by atoms with Gasteiger partial charge in [-0.2, -0.15) is 0 Å². The number of phenols is 1. The summed E-state index contributed by atoms with van der Waals surface area (Å²) in [6.07, 6.45) is 0.946. The molecule has 4 nitrogen and oxygen atoms in total. The number of benzene rings is 2. The van der Waals surface area contributed by atoms with Crippen LogP contribution in [0.5, 0.6) is 5.75 Å². The van der Waals surface area contributed by atoms with Gasteiger partial charge in [-0.3, -0.25) is 9.59 Å². The largest absolute Gasteiger partial charge is 0.508 e. The Hall–Kier alpha value is -2.75. The lowest BCUT2D eigenvalue weighted by molar-refractivity contribution is -0.116. The van der Waals surface area contributed by atoms with Crippen molar-refractivity contribution < 1.29 is 19.5 Å². The van der Waals surface area contributed by atoms with Crippen LogP contribution in [0.4, 0.5) is 0 Å². The van der Waals surface area contributed by atoms with Crippen LogP contribution >= 0.6 is 0 Å². The molecular weight excluding hydrogens is 292 g/mol. The summed E-state index contributed by atoms with van der Waals surface area (Å²) in [6.45, 7) is 3.33. The van der Waals surface area contributed by atoms with E-state index < -0.39 is 0 Å². The van der Waals surface area contributed by atoms with E-state index in [2.05, 4.69) is 0 Å². The van der Waals surface area contributed by atoms with Crippen molar-refractivity contribution in [2.45, 2.75) is 26.7 Å². The first-order valence-corrected chi connectivity index (χ1v) is 7.44. The van der Waals surface area contributed by atoms with Gasteiger partial charge in [-0.15, -0.1) is 0 Å². The molecule has 0 amide bonds. The van der Waals surface area contributed by atoms with Gasteiger partial charge >= 0.3 is 0 Å². The van der Waals surface area contributed by atoms with Gasteiger partial charge < -0.3 is 9.90 Å². The van der Waals surface area contributed by atoms with Crippen molar-refractivity contribution in [3.05, 3.63) is 63.7 Å². The summed E-state index contributed by atoms with van der Waals surface area (Å²) in [7, 11) is 0. The minimum absolute atomic E-state index is 0.0428. The molecule has 3 rings (SSSR count). The highest BCUT2D eigenvalue weighted by Gasteiger charge is 2.31. The van der Waals surface area contributed by atoms with E-state index in [4.69, 9.17) is 0 Å². The highest BCUT2D eigenvalue weighted by molar-refractivity contribution is 6.29. The highest BCUT2D eigenvalue weighted by atomic mass is 16.3. The van der Waals surface area contributed by atoms with Gasteiger partial charge in [-0.05, 0) is 55.7 Å². The maximum Gasteiger partial charge on any atom is 0.194 e. The molecule has 116 valence electrons. The van der Waals surface area contributed by atoms with Crippen LogP contribution in [0.25, 0.3) is 0 Å². The van der Waals surface area contributed by atoms with Gasteiger partial charge in [0, 0.05) is 28.7 Å². The van der Waals surface area contributed by atoms with E-state index >= 15 is 0 Å². The van der Waals surface area contributed by atoms with E-state index in [0.717, 1.165) is 11.1 Å². The van der Waals surface area contributed by atoms with Gasteiger partial charge in [-0.25, -0.2) is 0 Å². The number of carbonyl (C=O) groups is 3. The van der Waals surface area contributed by atoms with Crippen LogP contribution in [0.15, 0.2) is 30.3 Å². The topological polar surface area (TPSA) is 71.4 Å². The zero-order valence-corrected chi connectivity index (χ0v) is 13.0. The van der Waals surface area contributed by atoms with Crippen LogP contribution in [-0.4, -0.2) is 22.5 Å². The monoisotopic (exact) mass is 308 g/mol. The van der Waals surface area contributed by atoms with Crippen molar-refractivity contribution in [3.8, 4) is 5.75 Å². The van der Waals surface area contributed by atoms with E-state index in [0.29, 0.717) is 29.5 Å². The molecule has 1 aliphatic rings. The van der Waals surface area contributed by atoms with Crippen molar-refractivity contribution in [1.29, 1.82) is 0 Å². The molecule has 0 saturated carbocycles. The summed E-state index contributed by atoms with van der Waals surface area (Å²) in [5.41, 5.74) is 2.94. The maximum atomic E-state index is 12.8. The number of aryl methyl sites for hydroxylation is 1. The molecule has 2 aromatic rings. The van der Waals surface area contributed by atoms with Crippen molar-refractivity contribution in [1.82, 2.24) is 0 Å². The standard InChI is InChI=1S/C19H16O4/c1-10(20)3-4-12-5-7-15-17(11(12)2)19(23)16-9-13(21)6-8-14(16)18(15)22/h5-9,21H,3-4H2,1-2H3. The predicted molar refractivity (Wildman–Crippen MR) is 85.2 cm³/mol. The summed E-state index contributed by atoms with van der Waals surface area (Å²) < 4.78 is 0. The first kappa shape index (κ1) is 15.2. The molecule has 0 fully saturated rings. The molecule has 0 aliphatic heterocycles. The average Bonchev–Trinajstić information content (AvgIpc) is 2.51. The molecule has 0 radical (unpaired) electrons. The van der Waals surface area contributed by atoms with E-state index in [9.17, 15) is 19.5 Å². The molecule has 0 bridgehead atoms. The van der Waals surface area contributed by atoms with Crippen LogP contribution in [-0.2, 0) is 11.2 Å². The number of hydrogen-bond donors (Lipinski definition) is 1. The Balaban J connectivity index is 2.14. The van der Waals surface area contributed by atoms with E-state index in [1.807, 2.05) is 6.07 Å². The fourth-order valence-electron chi connectivity index (χ4n) is 3.02. The summed E-state index contributed by atoms with van der Waals surface area (Å²) in [5.74, 6) is -0.429. The number of Topliss-reactive ketones (excluding diaryl/α,β-unsaturated/α-hetero) is 1. The number of phenolic OH excluding ortho intramolecular Hbond substituents is 1. The number of ketones is 3. The normalized spacial score (nSPS) is 12.8. The van der Waals surface area contributed by atoms with Crippen molar-refractivity contribution >= 4 is 17.3 Å². The third-order valence-corrected chi connectivity index (χ3v) is 4.29. The Kier molecular flexibility index (Phi) is 3.60. The molecule has 4 heteroatoms. The second-order valence-corrected chi connectivity index (χ2v) is 5.86. The maximum absolute atomic E-state index is 12.8. The van der Waals surface area contributed by atoms with Crippen molar-refractivity contribution in [3.63, 3.8) is 0 Å². The van der Waals surface area contributed by atoms with Crippen molar-refractivity contribution in [2.24, 2.45) is 0 Å². The predicted octanol–water partition coefficient (Wildman–Crippen LogP) is 3.00. The Morgan fingerprint density at radius 3 is 2.39 bits per heavy atom. The molecule has 0 aromatic heterocycles. The summed E-state index contributed by atoms with van der Waals surface area (Å²) in [4.78, 5) is 36.6. The van der Waals surface area contributed by atoms with E-state index in [1.54, 1.807) is 13.0 Å². The minimum atomic E-state index is -0.257. The fourth-order valence-corrected chi connectivity index (χ4v) is 3.02. The molecule has 0 spiro atoms. The lowest BCUT2D eigenvalue weighted by atomic mass is 9.80. The second kappa shape index (κ2) is 5.47. The molecule has 2 aromatic carbocycles. The van der Waals surface area contributed by atoms with Gasteiger partial charge in [0.1, 0.15) is 11.5 Å². The highest BCUT2D eigenvalue weighted by Crippen LogP contribution is 2.32. The van der Waals surface area contributed by atoms with Gasteiger partial charge in [0.25, 0.3) is 0 Å². The van der Waals surface area contributed by atoms with Gasteiger partial charge in [0.05, 0.1) is 0 Å². The van der Waals surface area contributed by atoms with Crippen molar-refractivity contribution in [2.75, 3.05) is 0 Å². The second-order valence-electron chi connectivity index (χ2n) is 5.86. The van der Waals surface area contributed by atoms with Gasteiger partial charge in [-0.1, -0.05) is 6.07 Å². The minimum Gasteiger partial charge on any atom is -0.508 e. The molecule has 23 heavy (non-hydrogen) atoms. The van der Waals surface area contributed by atoms with Crippen LogP contribution in [0.1, 0.15) is 56.3 Å². The number of carbonyl (C=O) groups excluding carboxylic acids is 3. The smallest absolute Gasteiger partial charge is 0.194 e. The summed E-state index contributed by atoms with van der Waals surface area (Å²) in [5, 5.41) is 9.61. The third kappa shape index (κ3) is 2.46. The van der Waals surface area contributed by atoms with E-state index in [-0.39, 0.29) is 28.7 Å². The third-order valence-electron chi connectivity index (χ3n) is 4.29. The fraction of sp³-hybridized carbons (Fsp3) is 0.211. The SMILES string of the molecule is CC(=O)CCc1ccc2c(c1C)C(=O)c1cc(O)ccc1C2=O. The molecule has 1 aliphatic carbocycles. The zero-order chi connectivity index (χ0) is 16.7. The Morgan fingerprint density at radius 2 is 1.70 bits per heavy atom. The lowest BCUT2D eigenvalue weighted by Gasteiger charge is -2.21. The Morgan fingerprint density at radius 1 is 1.00 bits per heavy atom. The van der Waals surface area contributed by atoms with Crippen LogP contribution < -0.4 is 0 Å². The molecule has 0 heterocycles. The first-order valence-electron chi connectivity index (χ1n) is 7.44. The van der Waals surface area contributed by atoms with Crippen LogP contribution in [0, 0.1) is 6.92 Å². The number of rotatable bonds is 3. The van der Waals surface area contributed by atoms with Gasteiger partial charge in [0.15, 0.2) is 11.6 Å². The Labute approximate surface area is 133 Å². The quantitative estimate of drug-likeness (QED) is 0.807. The molecule has 0 saturated heterocycles. The Bertz CT molecular complexity index is 862. The number of aromatic hydroxyl groups is 1. The average molecular weight is 308 g/mol. The molecule has 1 N–H and O–H groups in total. The van der Waals surface area contributed by atoms with Crippen LogP contribution in [0.2, 0.25) is 0 Å². The van der Waals surface area contributed by atoms with Crippen LogP contribution in [0.3, 0.4) is 0 Å². The number of hydrogen-bond acceptors (Lipinski definition) is 4. The lowest BCUT2D eigenvalue weighted by Crippen LogP contribution is -2.22. The first-order chi connectivity index (χ1) is 10.9. The summed E-state index contributed by atoms with van der Waals surface area (Å²) in [6, 6.07) is 7.69. The molecule has 0 atom stereocenters. The zero-order valence-electron chi connectivity index (χ0n) is 13.0. The summed E-state index contributed by atoms with van der Waals surface area (Å²) >= 11 is 0. The molecular formula is C19H16O4. The number of fused-ring (bicyclic) bond motifs is 2. The van der Waals surface area contributed by atoms with E-state index in [1.165, 1.54) is 25.1 Å². The molecule has 0 unspecified atom stereocenters. The van der Waals surface area contributed by atoms with Gasteiger partial charge in [0.2, 0.25) is 0 Å².